The van der Waals surface area contributed by atoms with Gasteiger partial charge in [-0.05, 0) is 59.7 Å². The fourth-order valence-electron chi connectivity index (χ4n) is 4.24. The van der Waals surface area contributed by atoms with Crippen molar-refractivity contribution >= 4 is 22.3 Å². The molecule has 0 fully saturated rings. The summed E-state index contributed by atoms with van der Waals surface area (Å²) in [5.41, 5.74) is -0.642. The van der Waals surface area contributed by atoms with Crippen molar-refractivity contribution < 1.29 is 26.3 Å². The zero-order valence-electron chi connectivity index (χ0n) is 20.2. The first-order valence-electron chi connectivity index (χ1n) is 11.6. The Bertz CT molecular complexity index is 1830. The molecule has 2 aromatic heterocycles. The Morgan fingerprint density at radius 3 is 2.17 bits per heavy atom. The smallest absolute Gasteiger partial charge is 0.355 e. The van der Waals surface area contributed by atoms with Crippen molar-refractivity contribution in [3.05, 3.63) is 112 Å². The summed E-state index contributed by atoms with van der Waals surface area (Å²) in [6.07, 6.45) is -7.71. The van der Waals surface area contributed by atoms with Crippen LogP contribution in [0.3, 0.4) is 0 Å². The standard InChI is InChI=1S/C29H16F6N4O/c30-28(31,32)18-3-1-2-17(12-18)22-14-25(39-27(40)23(22)15-36)16-4-7-20(8-5-16)38-24-10-11-37-26-13-19(29(33,34)35)6-9-21(24)26/h1-14H,(H,37,38)(H,39,40). The molecule has 0 amide bonds. The maximum Gasteiger partial charge on any atom is 0.416 e. The van der Waals surface area contributed by atoms with Crippen LogP contribution < -0.4 is 10.9 Å². The van der Waals surface area contributed by atoms with Gasteiger partial charge in [0.2, 0.25) is 0 Å². The minimum Gasteiger partial charge on any atom is -0.355 e. The molecule has 0 unspecified atom stereocenters. The minimum atomic E-state index is -4.60. The van der Waals surface area contributed by atoms with E-state index >= 15 is 0 Å². The molecule has 0 atom stereocenters. The van der Waals surface area contributed by atoms with Gasteiger partial charge >= 0.3 is 12.4 Å². The molecule has 0 bridgehead atoms. The predicted molar refractivity (Wildman–Crippen MR) is 138 cm³/mol. The van der Waals surface area contributed by atoms with Crippen LogP contribution in [0.4, 0.5) is 37.7 Å². The molecule has 200 valence electrons. The molecule has 0 radical (unpaired) electrons. The minimum absolute atomic E-state index is 0.0519. The third-order valence-corrected chi connectivity index (χ3v) is 6.19. The highest BCUT2D eigenvalue weighted by molar-refractivity contribution is 5.93. The number of hydrogen-bond acceptors (Lipinski definition) is 4. The van der Waals surface area contributed by atoms with Gasteiger partial charge in [-0.3, -0.25) is 9.78 Å². The second-order valence-corrected chi connectivity index (χ2v) is 8.78. The van der Waals surface area contributed by atoms with Crippen LogP contribution in [0, 0.1) is 11.3 Å². The van der Waals surface area contributed by atoms with Crippen molar-refractivity contribution in [2.75, 3.05) is 5.32 Å². The number of pyridine rings is 2. The van der Waals surface area contributed by atoms with Gasteiger partial charge in [0.25, 0.3) is 5.56 Å². The zero-order chi connectivity index (χ0) is 28.7. The quantitative estimate of drug-likeness (QED) is 0.223. The number of hydrogen-bond donors (Lipinski definition) is 2. The van der Waals surface area contributed by atoms with Crippen LogP contribution in [0.1, 0.15) is 16.7 Å². The van der Waals surface area contributed by atoms with Gasteiger partial charge < -0.3 is 10.3 Å². The van der Waals surface area contributed by atoms with E-state index in [1.165, 1.54) is 30.5 Å². The number of nitriles is 1. The predicted octanol–water partition coefficient (Wildman–Crippen LogP) is 7.91. The number of benzene rings is 3. The average molecular weight is 550 g/mol. The largest absolute Gasteiger partial charge is 0.416 e. The number of halogens is 6. The number of nitrogens with zero attached hydrogens (tertiary/aromatic N) is 2. The molecule has 0 aliphatic carbocycles. The van der Waals surface area contributed by atoms with Gasteiger partial charge in [-0.25, -0.2) is 0 Å². The highest BCUT2D eigenvalue weighted by Crippen LogP contribution is 2.35. The van der Waals surface area contributed by atoms with Crippen LogP contribution in [0.25, 0.3) is 33.3 Å². The first kappa shape index (κ1) is 26.5. The van der Waals surface area contributed by atoms with Crippen molar-refractivity contribution in [3.63, 3.8) is 0 Å². The Labute approximate surface area is 222 Å². The Kier molecular flexibility index (Phi) is 6.55. The second-order valence-electron chi connectivity index (χ2n) is 8.78. The fourth-order valence-corrected chi connectivity index (χ4v) is 4.24. The number of fused-ring (bicyclic) bond motifs is 1. The molecular formula is C29H16F6N4O. The molecule has 3 aromatic carbocycles. The van der Waals surface area contributed by atoms with E-state index in [2.05, 4.69) is 15.3 Å². The normalized spacial score (nSPS) is 11.8. The van der Waals surface area contributed by atoms with E-state index in [1.807, 2.05) is 0 Å². The van der Waals surface area contributed by atoms with E-state index in [9.17, 15) is 36.4 Å². The molecule has 5 rings (SSSR count). The number of H-pyrrole nitrogens is 1. The van der Waals surface area contributed by atoms with Gasteiger partial charge in [0.05, 0.1) is 16.6 Å². The molecule has 11 heteroatoms. The van der Waals surface area contributed by atoms with Crippen LogP contribution in [0.15, 0.2) is 89.9 Å². The summed E-state index contributed by atoms with van der Waals surface area (Å²) in [6, 6.07) is 19.0. The van der Waals surface area contributed by atoms with Gasteiger partial charge in [-0.15, -0.1) is 0 Å². The summed E-state index contributed by atoms with van der Waals surface area (Å²) in [7, 11) is 0. The van der Waals surface area contributed by atoms with Crippen LogP contribution in [0.2, 0.25) is 0 Å². The molecular weight excluding hydrogens is 534 g/mol. The van der Waals surface area contributed by atoms with Crippen molar-refractivity contribution in [1.29, 1.82) is 5.26 Å². The van der Waals surface area contributed by atoms with E-state index < -0.39 is 29.0 Å². The van der Waals surface area contributed by atoms with Gasteiger partial charge in [0.15, 0.2) is 0 Å². The Hall–Kier alpha value is -5.11. The lowest BCUT2D eigenvalue weighted by Crippen LogP contribution is -2.13. The Balaban J connectivity index is 1.48. The lowest BCUT2D eigenvalue weighted by molar-refractivity contribution is -0.138. The average Bonchev–Trinajstić information content (AvgIpc) is 2.92. The number of anilines is 2. The molecule has 40 heavy (non-hydrogen) atoms. The van der Waals surface area contributed by atoms with E-state index in [0.717, 1.165) is 24.3 Å². The monoisotopic (exact) mass is 550 g/mol. The number of aromatic nitrogens is 2. The van der Waals surface area contributed by atoms with Crippen molar-refractivity contribution in [3.8, 4) is 28.5 Å². The van der Waals surface area contributed by atoms with Crippen LogP contribution >= 0.6 is 0 Å². The summed E-state index contributed by atoms with van der Waals surface area (Å²) in [5, 5.41) is 13.1. The maximum absolute atomic E-state index is 13.2. The highest BCUT2D eigenvalue weighted by Gasteiger charge is 2.31. The Morgan fingerprint density at radius 2 is 1.50 bits per heavy atom. The molecule has 5 aromatic rings. The molecule has 2 N–H and O–H groups in total. The zero-order valence-corrected chi connectivity index (χ0v) is 20.2. The van der Waals surface area contributed by atoms with Gasteiger partial charge in [0, 0.05) is 34.2 Å². The van der Waals surface area contributed by atoms with Crippen LogP contribution in [-0.2, 0) is 12.4 Å². The summed E-state index contributed by atoms with van der Waals surface area (Å²) >= 11 is 0. The third kappa shape index (κ3) is 5.24. The summed E-state index contributed by atoms with van der Waals surface area (Å²) in [5.74, 6) is 0. The number of aromatic amines is 1. The van der Waals surface area contributed by atoms with Gasteiger partial charge in [-0.1, -0.05) is 30.3 Å². The summed E-state index contributed by atoms with van der Waals surface area (Å²) in [6.45, 7) is 0. The molecule has 0 saturated carbocycles. The fraction of sp³-hybridized carbons (Fsp3) is 0.0690. The maximum atomic E-state index is 13.2. The first-order valence-corrected chi connectivity index (χ1v) is 11.6. The third-order valence-electron chi connectivity index (χ3n) is 6.19. The number of nitrogens with one attached hydrogen (secondary N) is 2. The SMILES string of the molecule is N#Cc1c(-c2cccc(C(F)(F)F)c2)cc(-c2ccc(Nc3ccnc4cc(C(F)(F)F)ccc34)cc2)[nH]c1=O. The van der Waals surface area contributed by atoms with Crippen molar-refractivity contribution in [2.45, 2.75) is 12.4 Å². The molecule has 0 aliphatic heterocycles. The second kappa shape index (κ2) is 9.89. The Morgan fingerprint density at radius 1 is 0.800 bits per heavy atom. The molecule has 2 heterocycles. The van der Waals surface area contributed by atoms with Gasteiger partial charge in [-0.2, -0.15) is 31.6 Å². The first-order chi connectivity index (χ1) is 18.9. The highest BCUT2D eigenvalue weighted by atomic mass is 19.4. The summed E-state index contributed by atoms with van der Waals surface area (Å²) in [4.78, 5) is 19.3. The van der Waals surface area contributed by atoms with Crippen molar-refractivity contribution in [2.24, 2.45) is 0 Å². The molecule has 0 spiro atoms. The lowest BCUT2D eigenvalue weighted by Gasteiger charge is -2.13. The summed E-state index contributed by atoms with van der Waals surface area (Å²) < 4.78 is 78.9. The topological polar surface area (TPSA) is 81.6 Å². The molecule has 0 aliphatic rings. The lowest BCUT2D eigenvalue weighted by atomic mass is 9.97. The number of alkyl halides is 6. The molecule has 0 saturated heterocycles. The van der Waals surface area contributed by atoms with Crippen LogP contribution in [-0.4, -0.2) is 9.97 Å². The van der Waals surface area contributed by atoms with Crippen LogP contribution in [0.5, 0.6) is 0 Å². The van der Waals surface area contributed by atoms with E-state index in [0.29, 0.717) is 22.3 Å². The van der Waals surface area contributed by atoms with E-state index in [4.69, 9.17) is 0 Å². The van der Waals surface area contributed by atoms with Gasteiger partial charge in [0.1, 0.15) is 11.6 Å². The number of rotatable bonds is 4. The van der Waals surface area contributed by atoms with Crippen molar-refractivity contribution in [1.82, 2.24) is 9.97 Å². The van der Waals surface area contributed by atoms with E-state index in [1.54, 1.807) is 36.4 Å². The van der Waals surface area contributed by atoms with E-state index in [-0.39, 0.29) is 27.9 Å². The molecule has 5 nitrogen and oxygen atoms in total.